The number of ether oxygens (including phenoxy) is 3. The van der Waals surface area contributed by atoms with Crippen LogP contribution in [0.15, 0.2) is 24.3 Å². The highest BCUT2D eigenvalue weighted by atomic mass is 16.7. The fourth-order valence-electron chi connectivity index (χ4n) is 2.02. The molecule has 0 aromatic heterocycles. The number of urea groups is 1. The Labute approximate surface area is 144 Å². The van der Waals surface area contributed by atoms with E-state index < -0.39 is 6.29 Å². The molecule has 0 fully saturated rings. The molecule has 0 bridgehead atoms. The summed E-state index contributed by atoms with van der Waals surface area (Å²) in [5, 5.41) is 5.43. The molecule has 1 aromatic rings. The standard InChI is InChI=1S/C18H30N2O4/c1-18(2,3)14-7-9-15(10-8-14)24-12-6-11-19-17(21)20-13-16(22-4)23-5/h7-10,16H,6,11-13H2,1-5H3,(H2,19,20,21). The van der Waals surface area contributed by atoms with Crippen molar-refractivity contribution in [2.45, 2.75) is 38.9 Å². The maximum absolute atomic E-state index is 11.6. The summed E-state index contributed by atoms with van der Waals surface area (Å²) >= 11 is 0. The Bertz CT molecular complexity index is 479. The molecule has 6 heteroatoms. The fourth-order valence-corrected chi connectivity index (χ4v) is 2.02. The summed E-state index contributed by atoms with van der Waals surface area (Å²) in [5.74, 6) is 0.843. The van der Waals surface area contributed by atoms with E-state index in [9.17, 15) is 4.79 Å². The quantitative estimate of drug-likeness (QED) is 0.536. The Kier molecular flexibility index (Phi) is 8.57. The molecule has 6 nitrogen and oxygen atoms in total. The van der Waals surface area contributed by atoms with E-state index in [-0.39, 0.29) is 11.4 Å². The van der Waals surface area contributed by atoms with E-state index in [0.29, 0.717) is 19.7 Å². The molecule has 0 spiro atoms. The molecule has 0 saturated carbocycles. The van der Waals surface area contributed by atoms with Crippen molar-refractivity contribution in [1.82, 2.24) is 10.6 Å². The Balaban J connectivity index is 2.16. The van der Waals surface area contributed by atoms with Crippen molar-refractivity contribution in [1.29, 1.82) is 0 Å². The normalized spacial score (nSPS) is 11.4. The zero-order valence-corrected chi connectivity index (χ0v) is 15.3. The van der Waals surface area contributed by atoms with Crippen molar-refractivity contribution in [3.63, 3.8) is 0 Å². The van der Waals surface area contributed by atoms with E-state index in [1.165, 1.54) is 19.8 Å². The Morgan fingerprint density at radius 1 is 1.08 bits per heavy atom. The van der Waals surface area contributed by atoms with Crippen LogP contribution < -0.4 is 15.4 Å². The summed E-state index contributed by atoms with van der Waals surface area (Å²) in [6.07, 6.45) is 0.294. The van der Waals surface area contributed by atoms with Crippen LogP contribution in [-0.4, -0.2) is 46.2 Å². The second kappa shape index (κ2) is 10.2. The first-order valence-electron chi connectivity index (χ1n) is 8.17. The highest BCUT2D eigenvalue weighted by molar-refractivity contribution is 5.73. The van der Waals surface area contributed by atoms with Gasteiger partial charge in [0.2, 0.25) is 0 Å². The molecule has 2 amide bonds. The zero-order valence-electron chi connectivity index (χ0n) is 15.3. The monoisotopic (exact) mass is 338 g/mol. The summed E-state index contributed by atoms with van der Waals surface area (Å²) in [4.78, 5) is 11.6. The van der Waals surface area contributed by atoms with Gasteiger partial charge in [-0.05, 0) is 29.5 Å². The summed E-state index contributed by atoms with van der Waals surface area (Å²) in [6.45, 7) is 7.93. The lowest BCUT2D eigenvalue weighted by Crippen LogP contribution is -2.41. The number of benzene rings is 1. The van der Waals surface area contributed by atoms with Gasteiger partial charge in [-0.1, -0.05) is 32.9 Å². The van der Waals surface area contributed by atoms with Gasteiger partial charge in [-0.2, -0.15) is 0 Å². The lowest BCUT2D eigenvalue weighted by molar-refractivity contribution is -0.0971. The van der Waals surface area contributed by atoms with Crippen molar-refractivity contribution >= 4 is 6.03 Å². The molecule has 0 radical (unpaired) electrons. The van der Waals surface area contributed by atoms with Crippen LogP contribution >= 0.6 is 0 Å². The first-order chi connectivity index (χ1) is 11.4. The first-order valence-corrected chi connectivity index (χ1v) is 8.17. The maximum atomic E-state index is 11.6. The lowest BCUT2D eigenvalue weighted by atomic mass is 9.87. The van der Waals surface area contributed by atoms with Gasteiger partial charge in [0.05, 0.1) is 13.2 Å². The third-order valence-corrected chi connectivity index (χ3v) is 3.55. The van der Waals surface area contributed by atoms with Gasteiger partial charge in [0.15, 0.2) is 6.29 Å². The second-order valence-corrected chi connectivity index (χ2v) is 6.51. The van der Waals surface area contributed by atoms with E-state index in [4.69, 9.17) is 14.2 Å². The molecule has 0 saturated heterocycles. The third kappa shape index (κ3) is 7.66. The van der Waals surface area contributed by atoms with Crippen LogP contribution in [0.25, 0.3) is 0 Å². The number of rotatable bonds is 9. The van der Waals surface area contributed by atoms with Crippen LogP contribution in [-0.2, 0) is 14.9 Å². The highest BCUT2D eigenvalue weighted by Gasteiger charge is 2.12. The minimum Gasteiger partial charge on any atom is -0.494 e. The van der Waals surface area contributed by atoms with Crippen molar-refractivity contribution in [3.05, 3.63) is 29.8 Å². The van der Waals surface area contributed by atoms with E-state index in [2.05, 4.69) is 43.5 Å². The number of amides is 2. The van der Waals surface area contributed by atoms with Gasteiger partial charge in [0.1, 0.15) is 5.75 Å². The highest BCUT2D eigenvalue weighted by Crippen LogP contribution is 2.24. The van der Waals surface area contributed by atoms with Crippen molar-refractivity contribution in [3.8, 4) is 5.75 Å². The molecule has 0 atom stereocenters. The molecule has 0 aliphatic carbocycles. The minimum absolute atomic E-state index is 0.139. The number of hydrogen-bond donors (Lipinski definition) is 2. The SMILES string of the molecule is COC(CNC(=O)NCCCOc1ccc(C(C)(C)C)cc1)OC. The first kappa shape index (κ1) is 20.3. The van der Waals surface area contributed by atoms with Gasteiger partial charge in [-0.3, -0.25) is 0 Å². The molecule has 1 rings (SSSR count). The van der Waals surface area contributed by atoms with E-state index in [1.54, 1.807) is 0 Å². The van der Waals surface area contributed by atoms with Crippen LogP contribution in [0.1, 0.15) is 32.8 Å². The molecule has 0 aliphatic heterocycles. The van der Waals surface area contributed by atoms with Crippen LogP contribution in [0, 0.1) is 0 Å². The van der Waals surface area contributed by atoms with Crippen LogP contribution in [0.4, 0.5) is 4.79 Å². The molecule has 0 heterocycles. The maximum Gasteiger partial charge on any atom is 0.314 e. The van der Waals surface area contributed by atoms with Gasteiger partial charge in [-0.15, -0.1) is 0 Å². The van der Waals surface area contributed by atoms with Gasteiger partial charge in [0, 0.05) is 20.8 Å². The number of methoxy groups -OCH3 is 2. The Morgan fingerprint density at radius 3 is 2.25 bits per heavy atom. The average Bonchev–Trinajstić information content (AvgIpc) is 2.55. The van der Waals surface area contributed by atoms with Gasteiger partial charge < -0.3 is 24.8 Å². The van der Waals surface area contributed by atoms with Gasteiger partial charge in [-0.25, -0.2) is 4.79 Å². The molecular formula is C18H30N2O4. The predicted octanol–water partition coefficient (Wildman–Crippen LogP) is 2.67. The largest absolute Gasteiger partial charge is 0.494 e. The number of hydrogen-bond acceptors (Lipinski definition) is 4. The topological polar surface area (TPSA) is 68.8 Å². The number of carbonyl (C=O) groups excluding carboxylic acids is 1. The van der Waals surface area contributed by atoms with E-state index in [0.717, 1.165) is 12.2 Å². The molecular weight excluding hydrogens is 308 g/mol. The third-order valence-electron chi connectivity index (χ3n) is 3.55. The van der Waals surface area contributed by atoms with Crippen molar-refractivity contribution in [2.24, 2.45) is 0 Å². The summed E-state index contributed by atoms with van der Waals surface area (Å²) in [7, 11) is 3.05. The molecule has 2 N–H and O–H groups in total. The van der Waals surface area contributed by atoms with Crippen molar-refractivity contribution < 1.29 is 19.0 Å². The summed E-state index contributed by atoms with van der Waals surface area (Å²) in [6, 6.07) is 7.89. The van der Waals surface area contributed by atoms with Gasteiger partial charge in [0.25, 0.3) is 0 Å². The van der Waals surface area contributed by atoms with E-state index >= 15 is 0 Å². The van der Waals surface area contributed by atoms with Crippen LogP contribution in [0.2, 0.25) is 0 Å². The predicted molar refractivity (Wildman–Crippen MR) is 94.5 cm³/mol. The number of nitrogens with one attached hydrogen (secondary N) is 2. The fraction of sp³-hybridized carbons (Fsp3) is 0.611. The average molecular weight is 338 g/mol. The Hall–Kier alpha value is -1.79. The molecule has 1 aromatic carbocycles. The molecule has 0 unspecified atom stereocenters. The summed E-state index contributed by atoms with van der Waals surface area (Å²) in [5.41, 5.74) is 1.42. The zero-order chi connectivity index (χ0) is 18.0. The molecule has 136 valence electrons. The van der Waals surface area contributed by atoms with Gasteiger partial charge >= 0.3 is 6.03 Å². The number of carbonyl (C=O) groups is 1. The van der Waals surface area contributed by atoms with Crippen LogP contribution in [0.3, 0.4) is 0 Å². The summed E-state index contributed by atoms with van der Waals surface area (Å²) < 4.78 is 15.6. The van der Waals surface area contributed by atoms with Crippen molar-refractivity contribution in [2.75, 3.05) is 33.9 Å². The second-order valence-electron chi connectivity index (χ2n) is 6.51. The lowest BCUT2D eigenvalue weighted by Gasteiger charge is -2.19. The molecule has 0 aliphatic rings. The molecule has 24 heavy (non-hydrogen) atoms. The smallest absolute Gasteiger partial charge is 0.314 e. The van der Waals surface area contributed by atoms with E-state index in [1.807, 2.05) is 12.1 Å². The van der Waals surface area contributed by atoms with Crippen LogP contribution in [0.5, 0.6) is 5.75 Å². The Morgan fingerprint density at radius 2 is 1.71 bits per heavy atom. The minimum atomic E-state index is -0.435.